The second-order valence-corrected chi connectivity index (χ2v) is 8.75. The molecular weight excluding hydrogens is 361 g/mol. The van der Waals surface area contributed by atoms with Crippen LogP contribution in [-0.2, 0) is 15.3 Å². The van der Waals surface area contributed by atoms with Crippen molar-refractivity contribution in [2.24, 2.45) is 5.14 Å². The maximum absolute atomic E-state index is 11.2. The standard InChI is InChI=1S/C17H15NO2SSe/c18-21(19,20)16-8-5-13(6-9-16)12-22-17-10-7-14-3-1-2-4-15(14)11-17/h1-11H,12H2,(H2,18,19,20). The van der Waals surface area contributed by atoms with Crippen LogP contribution in [0, 0.1) is 0 Å². The van der Waals surface area contributed by atoms with E-state index in [9.17, 15) is 8.42 Å². The number of nitrogens with two attached hydrogens (primary N) is 1. The molecule has 0 aromatic heterocycles. The summed E-state index contributed by atoms with van der Waals surface area (Å²) in [5.74, 6) is 0. The van der Waals surface area contributed by atoms with Gasteiger partial charge in [0.1, 0.15) is 0 Å². The van der Waals surface area contributed by atoms with E-state index in [0.29, 0.717) is 15.0 Å². The fraction of sp³-hybridized carbons (Fsp3) is 0.0588. The van der Waals surface area contributed by atoms with Crippen LogP contribution in [0.1, 0.15) is 5.56 Å². The minimum absolute atomic E-state index is 0.162. The van der Waals surface area contributed by atoms with Crippen LogP contribution in [0.15, 0.2) is 71.6 Å². The molecule has 0 fully saturated rings. The second-order valence-electron chi connectivity index (χ2n) is 4.99. The van der Waals surface area contributed by atoms with E-state index < -0.39 is 10.0 Å². The molecule has 0 aliphatic heterocycles. The van der Waals surface area contributed by atoms with Gasteiger partial charge in [-0.3, -0.25) is 0 Å². The van der Waals surface area contributed by atoms with Crippen LogP contribution in [0.2, 0.25) is 0 Å². The average Bonchev–Trinajstić information content (AvgIpc) is 2.52. The number of hydrogen-bond donors (Lipinski definition) is 1. The predicted octanol–water partition coefficient (Wildman–Crippen LogP) is 2.02. The van der Waals surface area contributed by atoms with Gasteiger partial charge in [0.25, 0.3) is 0 Å². The van der Waals surface area contributed by atoms with E-state index in [1.54, 1.807) is 12.1 Å². The van der Waals surface area contributed by atoms with E-state index >= 15 is 0 Å². The molecule has 0 amide bonds. The predicted molar refractivity (Wildman–Crippen MR) is 90.9 cm³/mol. The first-order chi connectivity index (χ1) is 10.5. The molecule has 112 valence electrons. The molecule has 0 unspecified atom stereocenters. The Balaban J connectivity index is 1.73. The Morgan fingerprint density at radius 1 is 0.864 bits per heavy atom. The van der Waals surface area contributed by atoms with E-state index in [1.807, 2.05) is 24.3 Å². The molecule has 3 nitrogen and oxygen atoms in total. The summed E-state index contributed by atoms with van der Waals surface area (Å²) < 4.78 is 23.8. The Hall–Kier alpha value is -1.65. The summed E-state index contributed by atoms with van der Waals surface area (Å²) in [4.78, 5) is 0.162. The Kier molecular flexibility index (Phi) is 4.32. The van der Waals surface area contributed by atoms with Gasteiger partial charge in [0.15, 0.2) is 0 Å². The molecule has 5 heteroatoms. The molecule has 0 saturated heterocycles. The summed E-state index contributed by atoms with van der Waals surface area (Å²) >= 11 is 0.313. The van der Waals surface area contributed by atoms with E-state index in [-0.39, 0.29) is 4.90 Å². The van der Waals surface area contributed by atoms with Gasteiger partial charge in [-0.25, -0.2) is 0 Å². The second kappa shape index (κ2) is 6.23. The number of rotatable bonds is 4. The van der Waals surface area contributed by atoms with Crippen LogP contribution >= 0.6 is 0 Å². The zero-order chi connectivity index (χ0) is 15.6. The minimum atomic E-state index is -3.61. The molecule has 0 bridgehead atoms. The number of benzene rings is 3. The third-order valence-electron chi connectivity index (χ3n) is 3.38. The van der Waals surface area contributed by atoms with Crippen molar-refractivity contribution in [1.29, 1.82) is 0 Å². The molecule has 0 spiro atoms. The van der Waals surface area contributed by atoms with Gasteiger partial charge in [-0.15, -0.1) is 0 Å². The van der Waals surface area contributed by atoms with Crippen molar-refractivity contribution in [2.75, 3.05) is 0 Å². The van der Waals surface area contributed by atoms with E-state index in [4.69, 9.17) is 5.14 Å². The van der Waals surface area contributed by atoms with Crippen LogP contribution in [0.5, 0.6) is 0 Å². The Bertz CT molecular complexity index is 905. The van der Waals surface area contributed by atoms with Gasteiger partial charge in [0.2, 0.25) is 0 Å². The van der Waals surface area contributed by atoms with Crippen molar-refractivity contribution in [3.05, 3.63) is 72.3 Å². The van der Waals surface area contributed by atoms with Crippen LogP contribution in [0.3, 0.4) is 0 Å². The molecule has 0 aliphatic carbocycles. The molecule has 0 heterocycles. The van der Waals surface area contributed by atoms with Gasteiger partial charge < -0.3 is 0 Å². The fourth-order valence-corrected chi connectivity index (χ4v) is 4.60. The summed E-state index contributed by atoms with van der Waals surface area (Å²) in [6, 6.07) is 21.7. The Labute approximate surface area is 136 Å². The average molecular weight is 376 g/mol. The van der Waals surface area contributed by atoms with Crippen molar-refractivity contribution < 1.29 is 8.42 Å². The molecule has 2 N–H and O–H groups in total. The van der Waals surface area contributed by atoms with Gasteiger partial charge in [-0.2, -0.15) is 0 Å². The van der Waals surface area contributed by atoms with Crippen LogP contribution in [0.25, 0.3) is 10.8 Å². The molecule has 0 aliphatic rings. The normalized spacial score (nSPS) is 11.7. The SMILES string of the molecule is NS(=O)(=O)c1ccc(C[Se]c2ccc3ccccc3c2)cc1. The van der Waals surface area contributed by atoms with Crippen LogP contribution in [-0.4, -0.2) is 23.4 Å². The van der Waals surface area contributed by atoms with Crippen LogP contribution < -0.4 is 9.60 Å². The zero-order valence-electron chi connectivity index (χ0n) is 11.8. The number of primary sulfonamides is 1. The molecule has 3 rings (SSSR count). The van der Waals surface area contributed by atoms with Gasteiger partial charge >= 0.3 is 136 Å². The molecule has 3 aromatic rings. The monoisotopic (exact) mass is 377 g/mol. The van der Waals surface area contributed by atoms with Crippen molar-refractivity contribution in [3.8, 4) is 0 Å². The topological polar surface area (TPSA) is 60.2 Å². The first-order valence-corrected chi connectivity index (χ1v) is 10.4. The van der Waals surface area contributed by atoms with Gasteiger partial charge in [-0.1, -0.05) is 0 Å². The first-order valence-electron chi connectivity index (χ1n) is 6.76. The summed E-state index contributed by atoms with van der Waals surface area (Å²) in [5.41, 5.74) is 1.13. The van der Waals surface area contributed by atoms with E-state index in [0.717, 1.165) is 10.9 Å². The van der Waals surface area contributed by atoms with Crippen molar-refractivity contribution in [1.82, 2.24) is 0 Å². The third-order valence-corrected chi connectivity index (χ3v) is 6.54. The maximum atomic E-state index is 11.2. The molecule has 3 aromatic carbocycles. The molecule has 0 saturated carbocycles. The molecule has 22 heavy (non-hydrogen) atoms. The van der Waals surface area contributed by atoms with Crippen molar-refractivity contribution >= 4 is 40.2 Å². The van der Waals surface area contributed by atoms with E-state index in [1.165, 1.54) is 15.2 Å². The summed E-state index contributed by atoms with van der Waals surface area (Å²) in [5, 5.41) is 8.53. The number of sulfonamides is 1. The Morgan fingerprint density at radius 3 is 2.23 bits per heavy atom. The van der Waals surface area contributed by atoms with Gasteiger partial charge in [0.05, 0.1) is 0 Å². The van der Waals surface area contributed by atoms with Crippen molar-refractivity contribution in [2.45, 2.75) is 10.2 Å². The summed E-state index contributed by atoms with van der Waals surface area (Å²) in [6.07, 6.45) is 0. The Morgan fingerprint density at radius 2 is 1.55 bits per heavy atom. The third kappa shape index (κ3) is 3.57. The van der Waals surface area contributed by atoms with Crippen molar-refractivity contribution in [3.63, 3.8) is 0 Å². The summed E-state index contributed by atoms with van der Waals surface area (Å²) in [6.45, 7) is 0. The molecular formula is C17H15NO2SSe. The quantitative estimate of drug-likeness (QED) is 0.709. The zero-order valence-corrected chi connectivity index (χ0v) is 14.3. The summed E-state index contributed by atoms with van der Waals surface area (Å²) in [7, 11) is -3.61. The molecule has 0 atom stereocenters. The first kappa shape index (κ1) is 15.3. The molecule has 0 radical (unpaired) electrons. The van der Waals surface area contributed by atoms with Crippen LogP contribution in [0.4, 0.5) is 0 Å². The number of fused-ring (bicyclic) bond motifs is 1. The van der Waals surface area contributed by atoms with Gasteiger partial charge in [0, 0.05) is 0 Å². The van der Waals surface area contributed by atoms with Gasteiger partial charge in [-0.05, 0) is 0 Å². The number of hydrogen-bond acceptors (Lipinski definition) is 2. The van der Waals surface area contributed by atoms with E-state index in [2.05, 4.69) is 30.3 Å². The fourth-order valence-electron chi connectivity index (χ4n) is 2.20.